The Labute approximate surface area is 173 Å². The maximum absolute atomic E-state index is 11.6. The van der Waals surface area contributed by atoms with Crippen LogP contribution in [0.3, 0.4) is 0 Å². The number of hydrogen-bond donors (Lipinski definition) is 2. The number of amides is 2. The van der Waals surface area contributed by atoms with E-state index in [1.165, 1.54) is 0 Å². The highest BCUT2D eigenvalue weighted by Gasteiger charge is 2.28. The third kappa shape index (κ3) is 3.43. The topological polar surface area (TPSA) is 89.6 Å². The Bertz CT molecular complexity index is 1160. The lowest BCUT2D eigenvalue weighted by Crippen LogP contribution is -2.25. The lowest BCUT2D eigenvalue weighted by Gasteiger charge is -2.22. The second-order valence-corrected chi connectivity index (χ2v) is 7.71. The third-order valence-corrected chi connectivity index (χ3v) is 5.70. The summed E-state index contributed by atoms with van der Waals surface area (Å²) in [6.07, 6.45) is 1.69. The fraction of sp³-hybridized carbons (Fsp3) is 0.261. The summed E-state index contributed by atoms with van der Waals surface area (Å²) in [6.45, 7) is 2.87. The van der Waals surface area contributed by atoms with Crippen molar-refractivity contribution in [1.82, 2.24) is 10.3 Å². The molecule has 5 rings (SSSR count). The number of nitrogens with one attached hydrogen (secondary N) is 2. The van der Waals surface area contributed by atoms with Crippen molar-refractivity contribution < 1.29 is 19.1 Å². The van der Waals surface area contributed by atoms with Crippen molar-refractivity contribution in [3.8, 4) is 16.9 Å². The standard InChI is InChI=1S/C23H21N3O4/c1-13(16-10-22(27)25-11-16)30-21-9-15(8-20-18(21)3-2-6-24-20)14-4-5-19-17(7-14)12-29-23(28)26-19/h2-9,13,16H,10-12H2,1H3,(H,25,27)(H,26,28)/t13-,16-/m1/s1. The van der Waals surface area contributed by atoms with E-state index >= 15 is 0 Å². The Hall–Kier alpha value is -3.61. The first-order chi connectivity index (χ1) is 14.6. The summed E-state index contributed by atoms with van der Waals surface area (Å²) >= 11 is 0. The van der Waals surface area contributed by atoms with Crippen LogP contribution in [-0.4, -0.2) is 29.6 Å². The molecule has 2 amide bonds. The predicted octanol–water partition coefficient (Wildman–Crippen LogP) is 3.87. The van der Waals surface area contributed by atoms with E-state index in [1.54, 1.807) is 6.20 Å². The van der Waals surface area contributed by atoms with Gasteiger partial charge < -0.3 is 14.8 Å². The zero-order valence-corrected chi connectivity index (χ0v) is 16.5. The van der Waals surface area contributed by atoms with Gasteiger partial charge in [0.25, 0.3) is 0 Å². The molecule has 2 aromatic carbocycles. The number of rotatable bonds is 4. The third-order valence-electron chi connectivity index (χ3n) is 5.70. The highest BCUT2D eigenvalue weighted by molar-refractivity contribution is 5.91. The first-order valence-electron chi connectivity index (χ1n) is 9.96. The summed E-state index contributed by atoms with van der Waals surface area (Å²) in [5.41, 5.74) is 4.46. The van der Waals surface area contributed by atoms with Crippen molar-refractivity contribution >= 4 is 28.6 Å². The van der Waals surface area contributed by atoms with Gasteiger partial charge in [-0.3, -0.25) is 15.1 Å². The lowest BCUT2D eigenvalue weighted by atomic mass is 9.99. The SMILES string of the molecule is C[C@@H](Oc1cc(-c2ccc3c(c2)COC(=O)N3)cc2ncccc12)[C@H]1CNC(=O)C1. The fourth-order valence-electron chi connectivity index (χ4n) is 3.97. The minimum absolute atomic E-state index is 0.0686. The Kier molecular flexibility index (Phi) is 4.50. The summed E-state index contributed by atoms with van der Waals surface area (Å²) < 4.78 is 11.4. The Balaban J connectivity index is 1.52. The number of nitrogens with zero attached hydrogens (tertiary/aromatic N) is 1. The zero-order valence-electron chi connectivity index (χ0n) is 16.5. The van der Waals surface area contributed by atoms with Crippen molar-refractivity contribution in [3.05, 3.63) is 54.2 Å². The van der Waals surface area contributed by atoms with E-state index in [0.29, 0.717) is 13.0 Å². The van der Waals surface area contributed by atoms with Crippen molar-refractivity contribution in [2.24, 2.45) is 5.92 Å². The number of fused-ring (bicyclic) bond motifs is 2. The first kappa shape index (κ1) is 18.4. The molecule has 0 radical (unpaired) electrons. The van der Waals surface area contributed by atoms with Gasteiger partial charge in [-0.05, 0) is 54.4 Å². The van der Waals surface area contributed by atoms with Gasteiger partial charge in [0.05, 0.1) is 11.2 Å². The van der Waals surface area contributed by atoms with Crippen molar-refractivity contribution in [2.75, 3.05) is 11.9 Å². The normalized spacial score (nSPS) is 18.9. The van der Waals surface area contributed by atoms with Gasteiger partial charge in [0.1, 0.15) is 18.5 Å². The van der Waals surface area contributed by atoms with E-state index in [-0.39, 0.29) is 24.5 Å². The van der Waals surface area contributed by atoms with Crippen LogP contribution in [-0.2, 0) is 16.1 Å². The van der Waals surface area contributed by atoms with E-state index < -0.39 is 6.09 Å². The zero-order chi connectivity index (χ0) is 20.7. The molecule has 7 nitrogen and oxygen atoms in total. The number of carbonyl (C=O) groups is 2. The number of carbonyl (C=O) groups excluding carboxylic acids is 2. The number of benzene rings is 2. The van der Waals surface area contributed by atoms with Crippen LogP contribution in [0.25, 0.3) is 22.0 Å². The van der Waals surface area contributed by atoms with Crippen LogP contribution < -0.4 is 15.4 Å². The maximum Gasteiger partial charge on any atom is 0.411 e. The summed E-state index contributed by atoms with van der Waals surface area (Å²) in [4.78, 5) is 27.5. The van der Waals surface area contributed by atoms with Crippen LogP contribution in [0.1, 0.15) is 18.9 Å². The number of hydrogen-bond acceptors (Lipinski definition) is 5. The van der Waals surface area contributed by atoms with E-state index in [2.05, 4.69) is 15.6 Å². The van der Waals surface area contributed by atoms with E-state index in [1.807, 2.05) is 49.4 Å². The van der Waals surface area contributed by atoms with Gasteiger partial charge in [-0.2, -0.15) is 0 Å². The monoisotopic (exact) mass is 403 g/mol. The highest BCUT2D eigenvalue weighted by atomic mass is 16.5. The molecule has 2 aliphatic heterocycles. The van der Waals surface area contributed by atoms with Gasteiger partial charge >= 0.3 is 6.09 Å². The second-order valence-electron chi connectivity index (χ2n) is 7.71. The molecular formula is C23H21N3O4. The molecule has 1 fully saturated rings. The molecule has 30 heavy (non-hydrogen) atoms. The molecule has 0 aliphatic carbocycles. The number of pyridine rings is 1. The molecule has 3 heterocycles. The Morgan fingerprint density at radius 1 is 1.17 bits per heavy atom. The van der Waals surface area contributed by atoms with Crippen LogP contribution in [0.4, 0.5) is 10.5 Å². The average molecular weight is 403 g/mol. The molecule has 2 atom stereocenters. The van der Waals surface area contributed by atoms with Crippen LogP contribution in [0.15, 0.2) is 48.7 Å². The van der Waals surface area contributed by atoms with Gasteiger partial charge in [0.15, 0.2) is 0 Å². The summed E-state index contributed by atoms with van der Waals surface area (Å²) in [6, 6.07) is 13.8. The first-order valence-corrected chi connectivity index (χ1v) is 9.96. The number of aromatic nitrogens is 1. The molecule has 2 N–H and O–H groups in total. The molecule has 0 saturated carbocycles. The van der Waals surface area contributed by atoms with E-state index in [0.717, 1.165) is 39.0 Å². The molecule has 3 aromatic rings. The van der Waals surface area contributed by atoms with Crippen LogP contribution >= 0.6 is 0 Å². The Morgan fingerprint density at radius 3 is 2.90 bits per heavy atom. The second kappa shape index (κ2) is 7.33. The smallest absolute Gasteiger partial charge is 0.411 e. The number of anilines is 1. The lowest BCUT2D eigenvalue weighted by molar-refractivity contribution is -0.119. The molecule has 2 aliphatic rings. The van der Waals surface area contributed by atoms with Gasteiger partial charge in [-0.1, -0.05) is 6.07 Å². The minimum atomic E-state index is -0.435. The van der Waals surface area contributed by atoms with Crippen molar-refractivity contribution in [2.45, 2.75) is 26.1 Å². The fourth-order valence-corrected chi connectivity index (χ4v) is 3.97. The molecule has 0 unspecified atom stereocenters. The summed E-state index contributed by atoms with van der Waals surface area (Å²) in [5, 5.41) is 6.51. The molecule has 1 aromatic heterocycles. The molecule has 152 valence electrons. The predicted molar refractivity (Wildman–Crippen MR) is 112 cm³/mol. The van der Waals surface area contributed by atoms with Gasteiger partial charge in [-0.15, -0.1) is 0 Å². The molecular weight excluding hydrogens is 382 g/mol. The molecule has 0 bridgehead atoms. The molecule has 0 spiro atoms. The van der Waals surface area contributed by atoms with Crippen molar-refractivity contribution in [1.29, 1.82) is 0 Å². The average Bonchev–Trinajstić information content (AvgIpc) is 3.19. The largest absolute Gasteiger partial charge is 0.490 e. The van der Waals surface area contributed by atoms with Crippen molar-refractivity contribution in [3.63, 3.8) is 0 Å². The highest BCUT2D eigenvalue weighted by Crippen LogP contribution is 2.35. The summed E-state index contributed by atoms with van der Waals surface area (Å²) in [7, 11) is 0. The van der Waals surface area contributed by atoms with E-state index in [9.17, 15) is 9.59 Å². The minimum Gasteiger partial charge on any atom is -0.490 e. The summed E-state index contributed by atoms with van der Waals surface area (Å²) in [5.74, 6) is 0.946. The van der Waals surface area contributed by atoms with Gasteiger partial charge in [-0.25, -0.2) is 4.79 Å². The quantitative estimate of drug-likeness (QED) is 0.690. The molecule has 1 saturated heterocycles. The Morgan fingerprint density at radius 2 is 2.07 bits per heavy atom. The maximum atomic E-state index is 11.6. The number of cyclic esters (lactones) is 1. The van der Waals surface area contributed by atoms with Crippen LogP contribution in [0.5, 0.6) is 5.75 Å². The van der Waals surface area contributed by atoms with Crippen LogP contribution in [0.2, 0.25) is 0 Å². The van der Waals surface area contributed by atoms with Crippen LogP contribution in [0, 0.1) is 5.92 Å². The van der Waals surface area contributed by atoms with Gasteiger partial charge in [0.2, 0.25) is 5.91 Å². The van der Waals surface area contributed by atoms with Gasteiger partial charge in [0, 0.05) is 36.0 Å². The molecule has 7 heteroatoms. The number of ether oxygens (including phenoxy) is 2. The van der Waals surface area contributed by atoms with E-state index in [4.69, 9.17) is 9.47 Å².